The Hall–Kier alpha value is -2.00. The SMILES string of the molecule is COC(C)c1nc(CN(C)C(=NCc2nnc(C)n2C)NC2CCCC2)cs1. The summed E-state index contributed by atoms with van der Waals surface area (Å²) in [6.07, 6.45) is 4.97. The second kappa shape index (κ2) is 9.47. The first-order valence-corrected chi connectivity index (χ1v) is 10.7. The number of nitrogens with one attached hydrogen (secondary N) is 1. The summed E-state index contributed by atoms with van der Waals surface area (Å²) in [5.74, 6) is 2.65. The van der Waals surface area contributed by atoms with Crippen molar-refractivity contribution in [2.45, 2.75) is 64.8 Å². The van der Waals surface area contributed by atoms with Crippen LogP contribution in [0.25, 0.3) is 0 Å². The highest BCUT2D eigenvalue weighted by atomic mass is 32.1. The molecule has 9 heteroatoms. The van der Waals surface area contributed by atoms with E-state index in [0.717, 1.165) is 28.3 Å². The lowest BCUT2D eigenvalue weighted by atomic mass is 10.2. The maximum absolute atomic E-state index is 5.37. The highest BCUT2D eigenvalue weighted by Gasteiger charge is 2.19. The fourth-order valence-electron chi connectivity index (χ4n) is 3.26. The number of methoxy groups -OCH3 is 1. The number of hydrogen-bond donors (Lipinski definition) is 1. The van der Waals surface area contributed by atoms with E-state index in [-0.39, 0.29) is 6.10 Å². The molecule has 1 aliphatic carbocycles. The maximum Gasteiger partial charge on any atom is 0.194 e. The van der Waals surface area contributed by atoms with E-state index in [0.29, 0.717) is 19.1 Å². The molecule has 0 amide bonds. The molecular formula is C19H31N7OS. The minimum Gasteiger partial charge on any atom is -0.375 e. The van der Waals surface area contributed by atoms with Crippen LogP contribution in [-0.4, -0.2) is 50.8 Å². The van der Waals surface area contributed by atoms with Crippen molar-refractivity contribution < 1.29 is 4.74 Å². The number of ether oxygens (including phenoxy) is 1. The standard InChI is InChI=1S/C19H31N7OS/c1-13(27-5)18-21-16(12-28-18)11-25(3)19(22-15-8-6-7-9-15)20-10-17-24-23-14(2)26(17)4/h12-13,15H,6-11H2,1-5H3,(H,20,22). The van der Waals surface area contributed by atoms with Crippen LogP contribution in [0.1, 0.15) is 61.1 Å². The molecular weight excluding hydrogens is 374 g/mol. The van der Waals surface area contributed by atoms with Gasteiger partial charge >= 0.3 is 0 Å². The molecule has 0 radical (unpaired) electrons. The van der Waals surface area contributed by atoms with Crippen LogP contribution in [0.15, 0.2) is 10.4 Å². The predicted molar refractivity (Wildman–Crippen MR) is 111 cm³/mol. The Balaban J connectivity index is 1.72. The normalized spacial score (nSPS) is 16.5. The first-order valence-electron chi connectivity index (χ1n) is 9.82. The third-order valence-electron chi connectivity index (χ3n) is 5.27. The zero-order valence-corrected chi connectivity index (χ0v) is 18.3. The van der Waals surface area contributed by atoms with Crippen LogP contribution in [-0.2, 0) is 24.9 Å². The van der Waals surface area contributed by atoms with Gasteiger partial charge in [-0.05, 0) is 26.7 Å². The molecule has 1 N–H and O–H groups in total. The second-order valence-corrected chi connectivity index (χ2v) is 8.29. The molecule has 8 nitrogen and oxygen atoms in total. The molecule has 154 valence electrons. The zero-order chi connectivity index (χ0) is 20.1. The van der Waals surface area contributed by atoms with E-state index < -0.39 is 0 Å². The van der Waals surface area contributed by atoms with Gasteiger partial charge in [0.15, 0.2) is 11.8 Å². The molecule has 1 saturated carbocycles. The smallest absolute Gasteiger partial charge is 0.194 e. The number of thiazole rings is 1. The molecule has 2 heterocycles. The molecule has 0 aliphatic heterocycles. The van der Waals surface area contributed by atoms with Crippen LogP contribution in [0.4, 0.5) is 0 Å². The fraction of sp³-hybridized carbons (Fsp3) is 0.684. The van der Waals surface area contributed by atoms with E-state index in [1.54, 1.807) is 18.4 Å². The van der Waals surface area contributed by atoms with Crippen molar-refractivity contribution in [3.8, 4) is 0 Å². The molecule has 2 aromatic heterocycles. The maximum atomic E-state index is 5.37. The van der Waals surface area contributed by atoms with Gasteiger partial charge in [0.25, 0.3) is 0 Å². The predicted octanol–water partition coefficient (Wildman–Crippen LogP) is 2.81. The summed E-state index contributed by atoms with van der Waals surface area (Å²) in [5.41, 5.74) is 1.03. The van der Waals surface area contributed by atoms with E-state index in [2.05, 4.69) is 32.8 Å². The third-order valence-corrected chi connectivity index (χ3v) is 6.33. The lowest BCUT2D eigenvalue weighted by Crippen LogP contribution is -2.43. The van der Waals surface area contributed by atoms with Crippen LogP contribution < -0.4 is 5.32 Å². The summed E-state index contributed by atoms with van der Waals surface area (Å²) in [6, 6.07) is 0.488. The first-order chi connectivity index (χ1) is 13.5. The largest absolute Gasteiger partial charge is 0.375 e. The van der Waals surface area contributed by atoms with Gasteiger partial charge in [-0.15, -0.1) is 21.5 Å². The topological polar surface area (TPSA) is 80.5 Å². The molecule has 0 aromatic carbocycles. The number of guanidine groups is 1. The molecule has 0 spiro atoms. The Bertz CT molecular complexity index is 794. The van der Waals surface area contributed by atoms with Gasteiger partial charge in [0, 0.05) is 32.6 Å². The number of aryl methyl sites for hydroxylation is 1. The average molecular weight is 406 g/mol. The summed E-state index contributed by atoms with van der Waals surface area (Å²) in [6.45, 7) is 5.16. The van der Waals surface area contributed by atoms with E-state index in [4.69, 9.17) is 14.7 Å². The van der Waals surface area contributed by atoms with E-state index in [1.165, 1.54) is 25.7 Å². The van der Waals surface area contributed by atoms with Gasteiger partial charge in [0.1, 0.15) is 23.5 Å². The number of aromatic nitrogens is 4. The number of aliphatic imine (C=N–C) groups is 1. The lowest BCUT2D eigenvalue weighted by molar-refractivity contribution is 0.119. The Kier molecular flexibility index (Phi) is 7.01. The van der Waals surface area contributed by atoms with Crippen LogP contribution in [0.5, 0.6) is 0 Å². The van der Waals surface area contributed by atoms with Crippen LogP contribution >= 0.6 is 11.3 Å². The van der Waals surface area contributed by atoms with Crippen molar-refractivity contribution in [2.24, 2.45) is 12.0 Å². The minimum atomic E-state index is 0.0213. The van der Waals surface area contributed by atoms with Crippen LogP contribution in [0, 0.1) is 6.92 Å². The van der Waals surface area contributed by atoms with Crippen molar-refractivity contribution in [3.63, 3.8) is 0 Å². The van der Waals surface area contributed by atoms with Crippen molar-refractivity contribution >= 4 is 17.3 Å². The average Bonchev–Trinajstić information content (AvgIpc) is 3.42. The second-order valence-electron chi connectivity index (χ2n) is 7.40. The van der Waals surface area contributed by atoms with Crippen LogP contribution in [0.3, 0.4) is 0 Å². The third kappa shape index (κ3) is 5.08. The van der Waals surface area contributed by atoms with Gasteiger partial charge in [0.05, 0.1) is 12.2 Å². The number of nitrogens with zero attached hydrogens (tertiary/aromatic N) is 6. The molecule has 1 fully saturated rings. The fourth-order valence-corrected chi connectivity index (χ4v) is 4.11. The lowest BCUT2D eigenvalue weighted by Gasteiger charge is -2.24. The van der Waals surface area contributed by atoms with E-state index in [9.17, 15) is 0 Å². The number of rotatable bonds is 7. The van der Waals surface area contributed by atoms with Crippen molar-refractivity contribution in [2.75, 3.05) is 14.2 Å². The molecule has 0 saturated heterocycles. The summed E-state index contributed by atoms with van der Waals surface area (Å²) >= 11 is 1.64. The molecule has 0 bridgehead atoms. The van der Waals surface area contributed by atoms with Crippen molar-refractivity contribution in [1.29, 1.82) is 0 Å². The van der Waals surface area contributed by atoms with Gasteiger partial charge in [-0.3, -0.25) is 0 Å². The first kappa shape index (κ1) is 20.7. The van der Waals surface area contributed by atoms with Crippen LogP contribution in [0.2, 0.25) is 0 Å². The summed E-state index contributed by atoms with van der Waals surface area (Å²) in [5, 5.41) is 15.1. The molecule has 1 atom stereocenters. The van der Waals surface area contributed by atoms with Gasteiger partial charge in [-0.25, -0.2) is 9.98 Å². The summed E-state index contributed by atoms with van der Waals surface area (Å²) in [4.78, 5) is 11.7. The minimum absolute atomic E-state index is 0.0213. The van der Waals surface area contributed by atoms with Gasteiger partial charge < -0.3 is 19.5 Å². The van der Waals surface area contributed by atoms with Crippen molar-refractivity contribution in [3.05, 3.63) is 27.7 Å². The Morgan fingerprint density at radius 1 is 1.43 bits per heavy atom. The van der Waals surface area contributed by atoms with Gasteiger partial charge in [-0.2, -0.15) is 0 Å². The summed E-state index contributed by atoms with van der Waals surface area (Å²) < 4.78 is 7.36. The highest BCUT2D eigenvalue weighted by Crippen LogP contribution is 2.21. The van der Waals surface area contributed by atoms with Gasteiger partial charge in [0.2, 0.25) is 0 Å². The molecule has 1 unspecified atom stereocenters. The monoisotopic (exact) mass is 405 g/mol. The van der Waals surface area contributed by atoms with Crippen molar-refractivity contribution in [1.82, 2.24) is 30.0 Å². The Morgan fingerprint density at radius 2 is 2.18 bits per heavy atom. The van der Waals surface area contributed by atoms with Gasteiger partial charge in [-0.1, -0.05) is 12.8 Å². The quantitative estimate of drug-likeness (QED) is 0.564. The molecule has 2 aromatic rings. The Morgan fingerprint density at radius 3 is 2.82 bits per heavy atom. The van der Waals surface area contributed by atoms with E-state index in [1.807, 2.05) is 25.5 Å². The van der Waals surface area contributed by atoms with E-state index >= 15 is 0 Å². The zero-order valence-electron chi connectivity index (χ0n) is 17.5. The summed E-state index contributed by atoms with van der Waals surface area (Å²) in [7, 11) is 5.74. The molecule has 1 aliphatic rings. The molecule has 3 rings (SSSR count). The Labute approximate surface area is 171 Å². The number of hydrogen-bond acceptors (Lipinski definition) is 6. The molecule has 28 heavy (non-hydrogen) atoms. The highest BCUT2D eigenvalue weighted by molar-refractivity contribution is 7.09.